The number of nitrogens with zero attached hydrogens (tertiary/aromatic N) is 1. The van der Waals surface area contributed by atoms with Gasteiger partial charge in [0.2, 0.25) is 0 Å². The molecule has 2 N–H and O–H groups in total. The van der Waals surface area contributed by atoms with Crippen molar-refractivity contribution >= 4 is 11.4 Å². The molecular formula is C17H22N2O. The largest absolute Gasteiger partial charge is 0.497 e. The summed E-state index contributed by atoms with van der Waals surface area (Å²) >= 11 is 0. The van der Waals surface area contributed by atoms with Crippen LogP contribution in [0.5, 0.6) is 5.75 Å². The molecule has 0 saturated carbocycles. The molecule has 3 heteroatoms. The van der Waals surface area contributed by atoms with Gasteiger partial charge in [0, 0.05) is 24.5 Å². The van der Waals surface area contributed by atoms with Crippen molar-refractivity contribution in [1.82, 2.24) is 0 Å². The number of rotatable bonds is 5. The molecule has 20 heavy (non-hydrogen) atoms. The van der Waals surface area contributed by atoms with Crippen molar-refractivity contribution in [2.75, 3.05) is 19.1 Å². The Hall–Kier alpha value is -2.00. The number of hydrogen-bond acceptors (Lipinski definition) is 3. The van der Waals surface area contributed by atoms with Crippen molar-refractivity contribution in [3.05, 3.63) is 54.1 Å². The summed E-state index contributed by atoms with van der Waals surface area (Å²) < 4.78 is 5.18. The van der Waals surface area contributed by atoms with Gasteiger partial charge in [-0.25, -0.2) is 0 Å². The predicted octanol–water partition coefficient (Wildman–Crippen LogP) is 3.87. The maximum absolute atomic E-state index is 6.04. The quantitative estimate of drug-likeness (QED) is 0.896. The first-order valence-corrected chi connectivity index (χ1v) is 6.89. The average Bonchev–Trinajstić information content (AvgIpc) is 2.53. The number of nitrogens with two attached hydrogens (primary N) is 1. The minimum Gasteiger partial charge on any atom is -0.497 e. The summed E-state index contributed by atoms with van der Waals surface area (Å²) in [6.45, 7) is 2.10. The van der Waals surface area contributed by atoms with Crippen molar-refractivity contribution < 1.29 is 4.74 Å². The van der Waals surface area contributed by atoms with Crippen LogP contribution in [0.4, 0.5) is 11.4 Å². The molecule has 2 rings (SSSR count). The fraction of sp³-hybridized carbons (Fsp3) is 0.294. The Morgan fingerprint density at radius 3 is 1.95 bits per heavy atom. The van der Waals surface area contributed by atoms with Crippen LogP contribution in [0.25, 0.3) is 0 Å². The van der Waals surface area contributed by atoms with Crippen LogP contribution in [0.3, 0.4) is 0 Å². The lowest BCUT2D eigenvalue weighted by Crippen LogP contribution is -2.11. The molecule has 0 fully saturated rings. The molecule has 0 aromatic heterocycles. The predicted molar refractivity (Wildman–Crippen MR) is 84.7 cm³/mol. The topological polar surface area (TPSA) is 38.5 Å². The second kappa shape index (κ2) is 6.44. The van der Waals surface area contributed by atoms with E-state index in [0.29, 0.717) is 0 Å². The standard InChI is InChI=1S/C17H22N2O/c1-4-17(18)13-5-7-14(8-6-13)19(2)15-9-11-16(20-3)12-10-15/h5-12,17H,4,18H2,1-3H3/t17-/m1/s1. The van der Waals surface area contributed by atoms with Crippen molar-refractivity contribution in [3.8, 4) is 5.75 Å². The van der Waals surface area contributed by atoms with Gasteiger partial charge in [-0.15, -0.1) is 0 Å². The van der Waals surface area contributed by atoms with E-state index in [1.807, 2.05) is 24.3 Å². The van der Waals surface area contributed by atoms with Gasteiger partial charge in [0.25, 0.3) is 0 Å². The Morgan fingerprint density at radius 1 is 1.00 bits per heavy atom. The molecule has 0 aliphatic heterocycles. The lowest BCUT2D eigenvalue weighted by Gasteiger charge is -2.20. The number of methoxy groups -OCH3 is 1. The molecule has 0 aliphatic carbocycles. The van der Waals surface area contributed by atoms with E-state index in [2.05, 4.69) is 43.1 Å². The fourth-order valence-electron chi connectivity index (χ4n) is 2.14. The summed E-state index contributed by atoms with van der Waals surface area (Å²) in [5.74, 6) is 0.867. The third-order valence-corrected chi connectivity index (χ3v) is 3.61. The lowest BCUT2D eigenvalue weighted by atomic mass is 10.1. The second-order valence-corrected chi connectivity index (χ2v) is 4.86. The Morgan fingerprint density at radius 2 is 1.50 bits per heavy atom. The van der Waals surface area contributed by atoms with E-state index in [9.17, 15) is 0 Å². The highest BCUT2D eigenvalue weighted by Gasteiger charge is 2.06. The highest BCUT2D eigenvalue weighted by molar-refractivity contribution is 5.63. The molecule has 0 heterocycles. The summed E-state index contributed by atoms with van der Waals surface area (Å²) in [6.07, 6.45) is 0.952. The molecule has 1 atom stereocenters. The zero-order valence-corrected chi connectivity index (χ0v) is 12.3. The maximum Gasteiger partial charge on any atom is 0.119 e. The molecule has 0 unspecified atom stereocenters. The first-order valence-electron chi connectivity index (χ1n) is 6.89. The summed E-state index contributed by atoms with van der Waals surface area (Å²) in [4.78, 5) is 2.14. The maximum atomic E-state index is 6.04. The molecule has 2 aromatic rings. The monoisotopic (exact) mass is 270 g/mol. The summed E-state index contributed by atoms with van der Waals surface area (Å²) in [6, 6.07) is 16.6. The molecular weight excluding hydrogens is 248 g/mol. The van der Waals surface area contributed by atoms with Gasteiger partial charge in [0.15, 0.2) is 0 Å². The van der Waals surface area contributed by atoms with E-state index in [1.165, 1.54) is 5.56 Å². The van der Waals surface area contributed by atoms with Crippen molar-refractivity contribution in [2.45, 2.75) is 19.4 Å². The SMILES string of the molecule is CC[C@@H](N)c1ccc(N(C)c2ccc(OC)cc2)cc1. The Bertz CT molecular complexity index is 534. The van der Waals surface area contributed by atoms with Crippen LogP contribution in [-0.4, -0.2) is 14.2 Å². The van der Waals surface area contributed by atoms with Crippen molar-refractivity contribution in [3.63, 3.8) is 0 Å². The zero-order chi connectivity index (χ0) is 14.5. The van der Waals surface area contributed by atoms with Crippen LogP contribution in [0, 0.1) is 0 Å². The third kappa shape index (κ3) is 3.11. The van der Waals surface area contributed by atoms with E-state index in [0.717, 1.165) is 23.5 Å². The van der Waals surface area contributed by atoms with E-state index < -0.39 is 0 Å². The van der Waals surface area contributed by atoms with Gasteiger partial charge in [-0.05, 0) is 48.4 Å². The van der Waals surface area contributed by atoms with Gasteiger partial charge < -0.3 is 15.4 Å². The smallest absolute Gasteiger partial charge is 0.119 e. The summed E-state index contributed by atoms with van der Waals surface area (Å²) in [7, 11) is 3.73. The van der Waals surface area contributed by atoms with Gasteiger partial charge in [-0.2, -0.15) is 0 Å². The molecule has 0 amide bonds. The Kier molecular flexibility index (Phi) is 4.64. The molecule has 0 aliphatic rings. The molecule has 0 spiro atoms. The van der Waals surface area contributed by atoms with Crippen LogP contribution in [0.1, 0.15) is 24.9 Å². The Balaban J connectivity index is 2.17. The first-order chi connectivity index (χ1) is 9.65. The van der Waals surface area contributed by atoms with Gasteiger partial charge in [0.05, 0.1) is 7.11 Å². The van der Waals surface area contributed by atoms with E-state index in [1.54, 1.807) is 7.11 Å². The molecule has 2 aromatic carbocycles. The third-order valence-electron chi connectivity index (χ3n) is 3.61. The highest BCUT2D eigenvalue weighted by Crippen LogP contribution is 2.26. The van der Waals surface area contributed by atoms with Gasteiger partial charge >= 0.3 is 0 Å². The second-order valence-electron chi connectivity index (χ2n) is 4.86. The van der Waals surface area contributed by atoms with Crippen LogP contribution in [0.15, 0.2) is 48.5 Å². The minimum absolute atomic E-state index is 0.121. The average molecular weight is 270 g/mol. The zero-order valence-electron chi connectivity index (χ0n) is 12.3. The molecule has 3 nitrogen and oxygen atoms in total. The highest BCUT2D eigenvalue weighted by atomic mass is 16.5. The van der Waals surface area contributed by atoms with Crippen molar-refractivity contribution in [1.29, 1.82) is 0 Å². The van der Waals surface area contributed by atoms with Crippen LogP contribution < -0.4 is 15.4 Å². The molecule has 0 saturated heterocycles. The normalized spacial score (nSPS) is 12.0. The lowest BCUT2D eigenvalue weighted by molar-refractivity contribution is 0.415. The van der Waals surface area contributed by atoms with Gasteiger partial charge in [-0.1, -0.05) is 19.1 Å². The van der Waals surface area contributed by atoms with E-state index >= 15 is 0 Å². The molecule has 106 valence electrons. The number of hydrogen-bond donors (Lipinski definition) is 1. The van der Waals surface area contributed by atoms with Crippen LogP contribution in [0.2, 0.25) is 0 Å². The van der Waals surface area contributed by atoms with E-state index in [-0.39, 0.29) is 6.04 Å². The van der Waals surface area contributed by atoms with Gasteiger partial charge in [-0.3, -0.25) is 0 Å². The van der Waals surface area contributed by atoms with Crippen molar-refractivity contribution in [2.24, 2.45) is 5.73 Å². The van der Waals surface area contributed by atoms with E-state index in [4.69, 9.17) is 10.5 Å². The molecule has 0 radical (unpaired) electrons. The number of anilines is 2. The van der Waals surface area contributed by atoms with Crippen LogP contribution >= 0.6 is 0 Å². The minimum atomic E-state index is 0.121. The Labute approximate surface area is 121 Å². The summed E-state index contributed by atoms with van der Waals surface area (Å²) in [5, 5.41) is 0. The number of benzene rings is 2. The van der Waals surface area contributed by atoms with Gasteiger partial charge in [0.1, 0.15) is 5.75 Å². The van der Waals surface area contributed by atoms with Crippen LogP contribution in [-0.2, 0) is 0 Å². The molecule has 0 bridgehead atoms. The number of ether oxygens (including phenoxy) is 1. The fourth-order valence-corrected chi connectivity index (χ4v) is 2.14. The first kappa shape index (κ1) is 14.4. The summed E-state index contributed by atoms with van der Waals surface area (Å²) in [5.41, 5.74) is 9.48.